The molecule has 14 nitrogen and oxygen atoms in total. The number of carbonyl (C=O) groups is 4. The Morgan fingerprint density at radius 1 is 0.717 bits per heavy atom. The molecule has 6 aliphatic heterocycles. The molecule has 0 bridgehead atoms. The Morgan fingerprint density at radius 2 is 1.33 bits per heavy atom. The largest absolute Gasteiger partial charge is 0.371 e. The second kappa shape index (κ2) is 16.1. The van der Waals surface area contributed by atoms with E-state index in [9.17, 15) is 32.9 Å². The molecule has 9 rings (SSSR count). The number of fused-ring (bicyclic) bond motifs is 1. The van der Waals surface area contributed by atoms with Crippen molar-refractivity contribution < 1.29 is 27.6 Å². The number of anilines is 3. The third-order valence-electron chi connectivity index (χ3n) is 13.8. The quantitative estimate of drug-likeness (QED) is 0.322. The summed E-state index contributed by atoms with van der Waals surface area (Å²) in [5.74, 6) is -1.58. The topological polar surface area (TPSA) is 158 Å². The molecule has 3 aromatic rings. The van der Waals surface area contributed by atoms with Gasteiger partial charge in [0.25, 0.3) is 11.8 Å². The lowest BCUT2D eigenvalue weighted by molar-refractivity contribution is -0.136. The minimum Gasteiger partial charge on any atom is -0.371 e. The molecule has 6 aliphatic rings. The van der Waals surface area contributed by atoms with Gasteiger partial charge in [-0.05, 0) is 111 Å². The van der Waals surface area contributed by atoms with Crippen molar-refractivity contribution in [1.29, 1.82) is 5.26 Å². The number of nitrogens with one attached hydrogen (secondary N) is 1. The first-order valence-corrected chi connectivity index (χ1v) is 22.9. The van der Waals surface area contributed by atoms with Crippen LogP contribution in [0.25, 0.3) is 0 Å². The first-order chi connectivity index (χ1) is 28.9. The van der Waals surface area contributed by atoms with E-state index in [0.29, 0.717) is 47.6 Å². The molecule has 314 valence electrons. The van der Waals surface area contributed by atoms with Gasteiger partial charge in [-0.25, -0.2) is 8.42 Å². The maximum atomic E-state index is 13.7. The van der Waals surface area contributed by atoms with Gasteiger partial charge in [0.05, 0.1) is 26.6 Å². The zero-order chi connectivity index (χ0) is 41.8. The number of amides is 4. The van der Waals surface area contributed by atoms with Crippen LogP contribution in [0.3, 0.4) is 0 Å². The summed E-state index contributed by atoms with van der Waals surface area (Å²) in [4.78, 5) is 61.2. The fourth-order valence-corrected chi connectivity index (χ4v) is 11.8. The summed E-state index contributed by atoms with van der Waals surface area (Å²) in [6, 6.07) is 19.5. The van der Waals surface area contributed by atoms with E-state index in [2.05, 4.69) is 31.0 Å². The number of halogens is 1. The van der Waals surface area contributed by atoms with Gasteiger partial charge in [0, 0.05) is 95.5 Å². The van der Waals surface area contributed by atoms with Gasteiger partial charge < -0.3 is 19.6 Å². The van der Waals surface area contributed by atoms with Crippen molar-refractivity contribution in [1.82, 2.24) is 19.4 Å². The summed E-state index contributed by atoms with van der Waals surface area (Å²) >= 11 is 6.33. The molecule has 1 spiro atoms. The highest BCUT2D eigenvalue weighted by molar-refractivity contribution is 7.89. The number of sulfonamides is 1. The lowest BCUT2D eigenvalue weighted by atomic mass is 9.77. The fraction of sp³-hybridized carbons (Fsp3) is 0.477. The molecule has 3 aromatic carbocycles. The molecule has 0 radical (unpaired) electrons. The highest BCUT2D eigenvalue weighted by atomic mass is 35.5. The molecule has 60 heavy (non-hydrogen) atoms. The molecule has 0 aliphatic carbocycles. The minimum absolute atomic E-state index is 0.0797. The summed E-state index contributed by atoms with van der Waals surface area (Å²) < 4.78 is 29.1. The van der Waals surface area contributed by atoms with Crippen LogP contribution >= 0.6 is 11.6 Å². The van der Waals surface area contributed by atoms with Gasteiger partial charge in [-0.1, -0.05) is 11.6 Å². The number of nitriles is 1. The molecule has 6 heterocycles. The second-order valence-electron chi connectivity index (χ2n) is 17.2. The zero-order valence-electron chi connectivity index (χ0n) is 33.5. The molecule has 1 atom stereocenters. The van der Waals surface area contributed by atoms with Gasteiger partial charge >= 0.3 is 0 Å². The van der Waals surface area contributed by atoms with Crippen molar-refractivity contribution in [3.63, 3.8) is 0 Å². The lowest BCUT2D eigenvalue weighted by Gasteiger charge is -2.40. The number of hydrogen-bond donors (Lipinski definition) is 1. The summed E-state index contributed by atoms with van der Waals surface area (Å²) in [7, 11) is -3.62. The maximum Gasteiger partial charge on any atom is 0.262 e. The van der Waals surface area contributed by atoms with E-state index in [4.69, 9.17) is 11.6 Å². The molecule has 1 unspecified atom stereocenters. The molecular weight excluding hydrogens is 804 g/mol. The Kier molecular flexibility index (Phi) is 10.9. The van der Waals surface area contributed by atoms with Gasteiger partial charge in [0.1, 0.15) is 12.1 Å². The number of rotatable bonds is 8. The Hall–Kier alpha value is -5.01. The van der Waals surface area contributed by atoms with Gasteiger partial charge in [0.2, 0.25) is 21.8 Å². The average molecular weight is 853 g/mol. The summed E-state index contributed by atoms with van der Waals surface area (Å²) in [6.45, 7) is 8.48. The highest BCUT2D eigenvalue weighted by Crippen LogP contribution is 2.43. The van der Waals surface area contributed by atoms with Crippen LogP contribution in [0.1, 0.15) is 71.2 Å². The normalized spacial score (nSPS) is 23.0. The number of benzene rings is 3. The van der Waals surface area contributed by atoms with Gasteiger partial charge in [-0.3, -0.25) is 29.4 Å². The second-order valence-corrected chi connectivity index (χ2v) is 19.6. The van der Waals surface area contributed by atoms with Crippen LogP contribution in [0.5, 0.6) is 0 Å². The standard InChI is InChI=1S/C44H49ClN8O6S/c45-38-26-34(2-1-31(38)27-46)51-20-15-44(29-51)13-18-50(19-14-44)32-3-6-35(7-4-32)60(58,59)52-23-21-48(22-24-52)28-30-11-16-49(17-12-30)33-5-8-36-37(25-33)43(57)53(42(36)56)39-9-10-40(54)47-41(39)55/h1-8,25-26,30,39H,9-24,28-29H2,(H,47,54,55). The van der Waals surface area contributed by atoms with Gasteiger partial charge in [-0.2, -0.15) is 9.57 Å². The zero-order valence-corrected chi connectivity index (χ0v) is 35.1. The third-order valence-corrected chi connectivity index (χ3v) is 16.0. The summed E-state index contributed by atoms with van der Waals surface area (Å²) in [5, 5.41) is 12.0. The molecule has 0 aromatic heterocycles. The number of carbonyl (C=O) groups excluding carboxylic acids is 4. The minimum atomic E-state index is -3.62. The first-order valence-electron chi connectivity index (χ1n) is 21.0. The van der Waals surface area contributed by atoms with Crippen LogP contribution in [0, 0.1) is 22.7 Å². The van der Waals surface area contributed by atoms with Crippen molar-refractivity contribution in [2.45, 2.75) is 55.9 Å². The van der Waals surface area contributed by atoms with Crippen LogP contribution < -0.4 is 20.0 Å². The smallest absolute Gasteiger partial charge is 0.262 e. The van der Waals surface area contributed by atoms with E-state index in [-0.39, 0.29) is 29.4 Å². The van der Waals surface area contributed by atoms with E-state index in [1.54, 1.807) is 34.6 Å². The molecule has 4 amide bonds. The fourth-order valence-electron chi connectivity index (χ4n) is 10.1. The van der Waals surface area contributed by atoms with Crippen LogP contribution in [0.2, 0.25) is 5.02 Å². The van der Waals surface area contributed by atoms with E-state index >= 15 is 0 Å². The average Bonchev–Trinajstić information content (AvgIpc) is 3.78. The van der Waals surface area contributed by atoms with E-state index < -0.39 is 39.7 Å². The number of piperazine rings is 1. The maximum absolute atomic E-state index is 13.7. The lowest BCUT2D eigenvalue weighted by Crippen LogP contribution is -2.54. The Morgan fingerprint density at radius 3 is 2.00 bits per heavy atom. The van der Waals surface area contributed by atoms with Crippen molar-refractivity contribution in [3.8, 4) is 6.07 Å². The van der Waals surface area contributed by atoms with Crippen molar-refractivity contribution >= 4 is 62.3 Å². The number of hydrogen-bond acceptors (Lipinski definition) is 11. The van der Waals surface area contributed by atoms with Crippen LogP contribution in [0.4, 0.5) is 17.1 Å². The van der Waals surface area contributed by atoms with Crippen molar-refractivity contribution in [3.05, 3.63) is 82.4 Å². The predicted octanol–water partition coefficient (Wildman–Crippen LogP) is 4.33. The molecule has 5 fully saturated rings. The molecule has 16 heteroatoms. The van der Waals surface area contributed by atoms with Crippen LogP contribution in [-0.4, -0.2) is 124 Å². The van der Waals surface area contributed by atoms with Crippen molar-refractivity contribution in [2.75, 3.05) is 86.7 Å². The van der Waals surface area contributed by atoms with E-state index in [1.807, 2.05) is 30.3 Å². The molecule has 1 N–H and O–H groups in total. The summed E-state index contributed by atoms with van der Waals surface area (Å²) in [5.41, 5.74) is 4.26. The Balaban J connectivity index is 0.727. The van der Waals surface area contributed by atoms with Crippen molar-refractivity contribution in [2.24, 2.45) is 11.3 Å². The van der Waals surface area contributed by atoms with Crippen LogP contribution in [-0.2, 0) is 19.6 Å². The van der Waals surface area contributed by atoms with E-state index in [1.165, 1.54) is 0 Å². The molecular formula is C44H49ClN8O6S. The third kappa shape index (κ3) is 7.63. The Bertz CT molecular complexity index is 2360. The monoisotopic (exact) mass is 852 g/mol. The molecule has 5 saturated heterocycles. The number of piperidine rings is 3. The summed E-state index contributed by atoms with van der Waals surface area (Å²) in [6.07, 6.45) is 5.33. The van der Waals surface area contributed by atoms with Gasteiger partial charge in [0.15, 0.2) is 0 Å². The first kappa shape index (κ1) is 40.4. The predicted molar refractivity (Wildman–Crippen MR) is 227 cm³/mol. The number of imide groups is 2. The SMILES string of the molecule is N#Cc1ccc(N2CCC3(CCN(c4ccc(S(=O)(=O)N5CCN(CC6CCN(c7ccc8c(c7)C(=O)N(C7CCC(=O)NC7=O)C8=O)CC6)CC5)cc4)CC3)C2)cc1Cl. The number of nitrogens with zero attached hydrogens (tertiary/aromatic N) is 7. The molecule has 0 saturated carbocycles. The highest BCUT2D eigenvalue weighted by Gasteiger charge is 2.45. The Labute approximate surface area is 355 Å². The van der Waals surface area contributed by atoms with E-state index in [0.717, 1.165) is 99.9 Å². The van der Waals surface area contributed by atoms with Gasteiger partial charge in [-0.15, -0.1) is 0 Å². The van der Waals surface area contributed by atoms with Crippen LogP contribution in [0.15, 0.2) is 65.6 Å².